The van der Waals surface area contributed by atoms with Crippen molar-refractivity contribution >= 4 is 15.8 Å². The molecule has 0 spiro atoms. The van der Waals surface area contributed by atoms with Crippen molar-refractivity contribution in [3.05, 3.63) is 59.9 Å². The van der Waals surface area contributed by atoms with E-state index in [-0.39, 0.29) is 13.1 Å². The maximum Gasteiger partial charge on any atom is 0.243 e. The number of benzene rings is 1. The number of halogens is 2. The van der Waals surface area contributed by atoms with Gasteiger partial charge in [0.1, 0.15) is 40.8 Å². The van der Waals surface area contributed by atoms with Crippen molar-refractivity contribution in [1.82, 2.24) is 24.2 Å². The summed E-state index contributed by atoms with van der Waals surface area (Å²) in [5.41, 5.74) is 1.83. The number of aryl methyl sites for hydroxylation is 1. The second-order valence-electron chi connectivity index (χ2n) is 5.95. The second kappa shape index (κ2) is 7.98. The Balaban J connectivity index is 1.61. The van der Waals surface area contributed by atoms with Crippen LogP contribution in [0.4, 0.5) is 14.6 Å². The van der Waals surface area contributed by atoms with E-state index < -0.39 is 26.6 Å². The van der Waals surface area contributed by atoms with Crippen LogP contribution in [0.3, 0.4) is 0 Å². The lowest BCUT2D eigenvalue weighted by atomic mass is 10.3. The third-order valence-corrected chi connectivity index (χ3v) is 5.55. The molecule has 0 unspecified atom stereocenters. The van der Waals surface area contributed by atoms with Gasteiger partial charge in [-0.3, -0.25) is 4.57 Å². The Hall–Kier alpha value is -2.92. The minimum Gasteiger partial charge on any atom is -0.369 e. The third-order valence-electron chi connectivity index (χ3n) is 4.06. The molecule has 0 saturated carbocycles. The van der Waals surface area contributed by atoms with Crippen molar-refractivity contribution in [3.63, 3.8) is 0 Å². The average Bonchev–Trinajstić information content (AvgIpc) is 2.98. The highest BCUT2D eigenvalue weighted by molar-refractivity contribution is 7.89. The van der Waals surface area contributed by atoms with Crippen molar-refractivity contribution in [2.45, 2.75) is 18.7 Å². The molecule has 8 nitrogen and oxygen atoms in total. The minimum atomic E-state index is -4.09. The van der Waals surface area contributed by atoms with Crippen LogP contribution in [-0.4, -0.2) is 41.0 Å². The largest absolute Gasteiger partial charge is 0.369 e. The van der Waals surface area contributed by atoms with Gasteiger partial charge in [-0.05, 0) is 26.0 Å². The molecule has 1 aromatic carbocycles. The zero-order chi connectivity index (χ0) is 20.3. The molecule has 28 heavy (non-hydrogen) atoms. The zero-order valence-electron chi connectivity index (χ0n) is 15.1. The first-order valence-corrected chi connectivity index (χ1v) is 9.78. The number of imidazole rings is 1. The normalized spacial score (nSPS) is 11.6. The Morgan fingerprint density at radius 1 is 1.07 bits per heavy atom. The lowest BCUT2D eigenvalue weighted by molar-refractivity contribution is 0.543. The van der Waals surface area contributed by atoms with E-state index >= 15 is 0 Å². The van der Waals surface area contributed by atoms with Gasteiger partial charge in [0.15, 0.2) is 0 Å². The number of anilines is 1. The number of hydrogen-bond acceptors (Lipinski definition) is 6. The van der Waals surface area contributed by atoms with E-state index in [2.05, 4.69) is 25.0 Å². The fraction of sp³-hybridized carbons (Fsp3) is 0.235. The molecule has 3 aromatic rings. The van der Waals surface area contributed by atoms with Crippen LogP contribution in [-0.2, 0) is 10.0 Å². The molecule has 2 N–H and O–H groups in total. The van der Waals surface area contributed by atoms with E-state index in [1.54, 1.807) is 12.4 Å². The van der Waals surface area contributed by atoms with Crippen molar-refractivity contribution < 1.29 is 17.2 Å². The van der Waals surface area contributed by atoms with Gasteiger partial charge in [0, 0.05) is 30.9 Å². The van der Waals surface area contributed by atoms with Gasteiger partial charge in [0.05, 0.1) is 5.69 Å². The highest BCUT2D eigenvalue weighted by Gasteiger charge is 2.18. The van der Waals surface area contributed by atoms with Gasteiger partial charge >= 0.3 is 0 Å². The first kappa shape index (κ1) is 19.8. The van der Waals surface area contributed by atoms with Gasteiger partial charge in [-0.25, -0.2) is 36.9 Å². The van der Waals surface area contributed by atoms with Crippen LogP contribution in [0.15, 0.2) is 41.8 Å². The average molecular weight is 408 g/mol. The number of nitrogens with one attached hydrogen (secondary N) is 2. The van der Waals surface area contributed by atoms with Crippen molar-refractivity contribution in [2.75, 3.05) is 18.4 Å². The van der Waals surface area contributed by atoms with E-state index in [4.69, 9.17) is 0 Å². The van der Waals surface area contributed by atoms with Gasteiger partial charge < -0.3 is 5.32 Å². The Kier molecular flexibility index (Phi) is 5.66. The molecule has 0 aliphatic rings. The molecule has 0 atom stereocenters. The van der Waals surface area contributed by atoms with Gasteiger partial charge in [-0.15, -0.1) is 0 Å². The van der Waals surface area contributed by atoms with E-state index in [9.17, 15) is 17.2 Å². The van der Waals surface area contributed by atoms with Crippen LogP contribution in [0.5, 0.6) is 0 Å². The van der Waals surface area contributed by atoms with E-state index in [0.717, 1.165) is 23.5 Å². The first-order valence-electron chi connectivity index (χ1n) is 8.29. The second-order valence-corrected chi connectivity index (χ2v) is 7.68. The van der Waals surface area contributed by atoms with E-state index in [1.165, 1.54) is 6.33 Å². The summed E-state index contributed by atoms with van der Waals surface area (Å²) in [6.07, 6.45) is 3.03. The lowest BCUT2D eigenvalue weighted by Gasteiger charge is -2.10. The van der Waals surface area contributed by atoms with Gasteiger partial charge in [0.2, 0.25) is 10.0 Å². The van der Waals surface area contributed by atoms with E-state index in [0.29, 0.717) is 17.7 Å². The molecule has 148 valence electrons. The molecule has 11 heteroatoms. The summed E-state index contributed by atoms with van der Waals surface area (Å²) in [4.78, 5) is 11.9. The molecule has 2 heterocycles. The molecule has 0 radical (unpaired) electrons. The smallest absolute Gasteiger partial charge is 0.243 e. The highest BCUT2D eigenvalue weighted by Crippen LogP contribution is 2.15. The maximum absolute atomic E-state index is 13.7. The topological polar surface area (TPSA) is 102 Å². The molecule has 0 aliphatic carbocycles. The Bertz CT molecular complexity index is 1100. The molecule has 2 aromatic heterocycles. The van der Waals surface area contributed by atoms with E-state index in [1.807, 2.05) is 18.4 Å². The summed E-state index contributed by atoms with van der Waals surface area (Å²) in [6.45, 7) is 3.98. The molecule has 0 saturated heterocycles. The quantitative estimate of drug-likeness (QED) is 0.580. The summed E-state index contributed by atoms with van der Waals surface area (Å²) >= 11 is 0. The van der Waals surface area contributed by atoms with Gasteiger partial charge in [-0.2, -0.15) is 0 Å². The van der Waals surface area contributed by atoms with Crippen LogP contribution in [0.2, 0.25) is 0 Å². The van der Waals surface area contributed by atoms with Crippen LogP contribution in [0, 0.1) is 25.5 Å². The lowest BCUT2D eigenvalue weighted by Crippen LogP contribution is -2.29. The SMILES string of the molecule is Cc1ncn(-c2cc(NCCNS(=O)(=O)c3ccc(F)cc3F)ncn2)c1C. The monoisotopic (exact) mass is 408 g/mol. The predicted molar refractivity (Wildman–Crippen MR) is 98.7 cm³/mol. The minimum absolute atomic E-state index is 0.0261. The van der Waals surface area contributed by atoms with Crippen LogP contribution < -0.4 is 10.0 Å². The molecule has 3 rings (SSSR count). The Morgan fingerprint density at radius 2 is 1.86 bits per heavy atom. The fourth-order valence-electron chi connectivity index (χ4n) is 2.45. The molecule has 0 fully saturated rings. The number of sulfonamides is 1. The number of nitrogens with zero attached hydrogens (tertiary/aromatic N) is 4. The summed E-state index contributed by atoms with van der Waals surface area (Å²) in [7, 11) is -4.09. The highest BCUT2D eigenvalue weighted by atomic mass is 32.2. The molecular weight excluding hydrogens is 390 g/mol. The van der Waals surface area contributed by atoms with Crippen LogP contribution in [0.25, 0.3) is 5.82 Å². The first-order chi connectivity index (χ1) is 13.3. The molecule has 0 aliphatic heterocycles. The third kappa shape index (κ3) is 4.31. The van der Waals surface area contributed by atoms with Crippen molar-refractivity contribution in [1.29, 1.82) is 0 Å². The Labute approximate surface area is 160 Å². The van der Waals surface area contributed by atoms with Crippen molar-refractivity contribution in [3.8, 4) is 5.82 Å². The predicted octanol–water partition coefficient (Wildman–Crippen LogP) is 1.95. The van der Waals surface area contributed by atoms with Crippen molar-refractivity contribution in [2.24, 2.45) is 0 Å². The summed E-state index contributed by atoms with van der Waals surface area (Å²) in [6, 6.07) is 3.99. The molecule has 0 amide bonds. The molecular formula is C17H18F2N6O2S. The van der Waals surface area contributed by atoms with Crippen LogP contribution >= 0.6 is 0 Å². The summed E-state index contributed by atoms with van der Waals surface area (Å²) in [5.74, 6) is -0.889. The maximum atomic E-state index is 13.7. The van der Waals surface area contributed by atoms with Gasteiger partial charge in [-0.1, -0.05) is 0 Å². The van der Waals surface area contributed by atoms with Gasteiger partial charge in [0.25, 0.3) is 0 Å². The number of hydrogen-bond donors (Lipinski definition) is 2. The number of aromatic nitrogens is 4. The number of rotatable bonds is 7. The summed E-state index contributed by atoms with van der Waals surface area (Å²) < 4.78 is 54.9. The molecule has 0 bridgehead atoms. The van der Waals surface area contributed by atoms with Crippen LogP contribution in [0.1, 0.15) is 11.4 Å². The zero-order valence-corrected chi connectivity index (χ0v) is 16.0. The fourth-order valence-corrected chi connectivity index (χ4v) is 3.54. The summed E-state index contributed by atoms with van der Waals surface area (Å²) in [5, 5.41) is 2.96. The Morgan fingerprint density at radius 3 is 2.54 bits per heavy atom. The standard InChI is InChI=1S/C17H18F2N6O2S/c1-11-12(2)25(10-23-11)17-8-16(21-9-22-17)20-5-6-24-28(26,27)15-4-3-13(18)7-14(15)19/h3-4,7-10,24H,5-6H2,1-2H3,(H,20,21,22).